The molecule has 3 rings (SSSR count). The van der Waals surface area contributed by atoms with E-state index in [0.717, 1.165) is 18.4 Å². The van der Waals surface area contributed by atoms with Crippen LogP contribution in [0, 0.1) is 11.3 Å². The second-order valence-electron chi connectivity index (χ2n) is 4.37. The number of benzene rings is 1. The van der Waals surface area contributed by atoms with Gasteiger partial charge in [0.25, 0.3) is 0 Å². The zero-order valence-corrected chi connectivity index (χ0v) is 8.87. The number of nitrogens with zero attached hydrogens (tertiary/aromatic N) is 1. The average molecular weight is 237 g/mol. The van der Waals surface area contributed by atoms with Crippen LogP contribution in [0.5, 0.6) is 5.75 Å². The van der Waals surface area contributed by atoms with Crippen LogP contribution in [0.15, 0.2) is 18.2 Å². The summed E-state index contributed by atoms with van der Waals surface area (Å²) in [6.07, 6.45) is -2.03. The van der Waals surface area contributed by atoms with Crippen molar-refractivity contribution < 1.29 is 18.3 Å². The van der Waals surface area contributed by atoms with Crippen LogP contribution in [-0.2, 0) is 16.8 Å². The SMILES string of the molecule is N#CC1(c2ccc3c(c2)OC(F)(F)OC3)CC1. The lowest BCUT2D eigenvalue weighted by atomic mass is 9.96. The van der Waals surface area contributed by atoms with Crippen LogP contribution in [0.2, 0.25) is 0 Å². The van der Waals surface area contributed by atoms with Crippen molar-refractivity contribution in [1.82, 2.24) is 0 Å². The van der Waals surface area contributed by atoms with Gasteiger partial charge in [-0.15, -0.1) is 8.78 Å². The highest BCUT2D eigenvalue weighted by Crippen LogP contribution is 2.49. The molecule has 0 N–H and O–H groups in total. The second kappa shape index (κ2) is 3.17. The number of alkyl halides is 2. The van der Waals surface area contributed by atoms with Gasteiger partial charge in [0.2, 0.25) is 0 Å². The van der Waals surface area contributed by atoms with Gasteiger partial charge in [-0.3, -0.25) is 4.74 Å². The first kappa shape index (κ1) is 10.5. The van der Waals surface area contributed by atoms with Crippen molar-refractivity contribution in [2.24, 2.45) is 0 Å². The predicted octanol–water partition coefficient (Wildman–Crippen LogP) is 2.70. The third kappa shape index (κ3) is 1.65. The zero-order chi connectivity index (χ0) is 12.1. The van der Waals surface area contributed by atoms with Crippen molar-refractivity contribution in [3.63, 3.8) is 0 Å². The monoisotopic (exact) mass is 237 g/mol. The molecule has 1 aliphatic carbocycles. The van der Waals surface area contributed by atoms with Crippen molar-refractivity contribution in [3.05, 3.63) is 29.3 Å². The first-order valence-corrected chi connectivity index (χ1v) is 5.30. The van der Waals surface area contributed by atoms with Crippen molar-refractivity contribution in [2.75, 3.05) is 0 Å². The van der Waals surface area contributed by atoms with Gasteiger partial charge in [-0.1, -0.05) is 12.1 Å². The number of hydrogen-bond acceptors (Lipinski definition) is 3. The van der Waals surface area contributed by atoms with Gasteiger partial charge in [-0.2, -0.15) is 5.26 Å². The molecule has 1 fully saturated rings. The number of fused-ring (bicyclic) bond motifs is 1. The molecular formula is C12H9F2NO2. The maximum atomic E-state index is 12.9. The van der Waals surface area contributed by atoms with E-state index >= 15 is 0 Å². The normalized spacial score (nSPS) is 23.1. The van der Waals surface area contributed by atoms with Crippen LogP contribution in [0.1, 0.15) is 24.0 Å². The minimum atomic E-state index is -3.57. The Morgan fingerprint density at radius 1 is 1.29 bits per heavy atom. The van der Waals surface area contributed by atoms with E-state index in [-0.39, 0.29) is 12.4 Å². The molecule has 3 nitrogen and oxygen atoms in total. The molecule has 1 saturated carbocycles. The summed E-state index contributed by atoms with van der Waals surface area (Å²) in [5.74, 6) is 0.111. The van der Waals surface area contributed by atoms with Gasteiger partial charge in [-0.05, 0) is 24.5 Å². The van der Waals surface area contributed by atoms with Crippen LogP contribution in [0.4, 0.5) is 8.78 Å². The summed E-state index contributed by atoms with van der Waals surface area (Å²) in [5, 5.41) is 9.05. The fourth-order valence-corrected chi connectivity index (χ4v) is 1.98. The molecule has 0 spiro atoms. The molecule has 0 bridgehead atoms. The molecule has 1 aliphatic heterocycles. The van der Waals surface area contributed by atoms with Gasteiger partial charge >= 0.3 is 6.29 Å². The van der Waals surface area contributed by atoms with Gasteiger partial charge in [0.15, 0.2) is 0 Å². The molecule has 0 amide bonds. The molecule has 1 heterocycles. The standard InChI is InChI=1S/C12H9F2NO2/c13-12(14)16-6-8-1-2-9(5-10(8)17-12)11(7-15)3-4-11/h1-2,5H,3-4,6H2. The lowest BCUT2D eigenvalue weighted by molar-refractivity contribution is -0.368. The zero-order valence-electron chi connectivity index (χ0n) is 8.87. The Hall–Kier alpha value is -1.67. The number of ether oxygens (including phenoxy) is 2. The first-order valence-electron chi connectivity index (χ1n) is 5.30. The van der Waals surface area contributed by atoms with E-state index in [1.54, 1.807) is 12.1 Å². The number of nitriles is 1. The summed E-state index contributed by atoms with van der Waals surface area (Å²) < 4.78 is 34.5. The van der Waals surface area contributed by atoms with Crippen LogP contribution in [0.3, 0.4) is 0 Å². The Balaban J connectivity index is 1.99. The van der Waals surface area contributed by atoms with Crippen molar-refractivity contribution >= 4 is 0 Å². The van der Waals surface area contributed by atoms with E-state index in [9.17, 15) is 8.78 Å². The summed E-state index contributed by atoms with van der Waals surface area (Å²) in [6.45, 7) is -0.178. The molecule has 1 aromatic rings. The van der Waals surface area contributed by atoms with Crippen molar-refractivity contribution in [1.29, 1.82) is 5.26 Å². The Labute approximate surface area is 96.6 Å². The van der Waals surface area contributed by atoms with Gasteiger partial charge in [-0.25, -0.2) is 0 Å². The topological polar surface area (TPSA) is 42.2 Å². The van der Waals surface area contributed by atoms with E-state index < -0.39 is 11.7 Å². The average Bonchev–Trinajstić information content (AvgIpc) is 3.07. The largest absolute Gasteiger partial charge is 0.535 e. The highest BCUT2D eigenvalue weighted by atomic mass is 19.3. The first-order chi connectivity index (χ1) is 8.05. The molecule has 0 atom stereocenters. The van der Waals surface area contributed by atoms with E-state index in [0.29, 0.717) is 5.56 Å². The molecule has 0 unspecified atom stereocenters. The van der Waals surface area contributed by atoms with E-state index in [1.165, 1.54) is 6.07 Å². The fourth-order valence-electron chi connectivity index (χ4n) is 1.98. The van der Waals surface area contributed by atoms with E-state index in [1.807, 2.05) is 0 Å². The molecule has 0 saturated heterocycles. The Bertz CT molecular complexity index is 518. The quantitative estimate of drug-likeness (QED) is 0.754. The number of hydrogen-bond donors (Lipinski definition) is 0. The number of rotatable bonds is 1. The summed E-state index contributed by atoms with van der Waals surface area (Å²) in [4.78, 5) is 0. The van der Waals surface area contributed by atoms with E-state index in [4.69, 9.17) is 5.26 Å². The Morgan fingerprint density at radius 2 is 2.06 bits per heavy atom. The maximum absolute atomic E-state index is 12.9. The minimum Gasteiger partial charge on any atom is -0.409 e. The van der Waals surface area contributed by atoms with Crippen molar-refractivity contribution in [3.8, 4) is 11.8 Å². The summed E-state index contributed by atoms with van der Waals surface area (Å²) >= 11 is 0. The third-order valence-corrected chi connectivity index (χ3v) is 3.21. The Kier molecular flexibility index (Phi) is 1.96. The third-order valence-electron chi connectivity index (χ3n) is 3.21. The lowest BCUT2D eigenvalue weighted by Gasteiger charge is -2.25. The number of halogens is 2. The van der Waals surface area contributed by atoms with Gasteiger partial charge in [0.1, 0.15) is 5.75 Å². The summed E-state index contributed by atoms with van der Waals surface area (Å²) in [7, 11) is 0. The molecule has 88 valence electrons. The minimum absolute atomic E-state index is 0.111. The van der Waals surface area contributed by atoms with Crippen LogP contribution in [-0.4, -0.2) is 6.29 Å². The lowest BCUT2D eigenvalue weighted by Crippen LogP contribution is -2.32. The van der Waals surface area contributed by atoms with Crippen molar-refractivity contribution in [2.45, 2.75) is 31.2 Å². The molecule has 2 aliphatic rings. The molecule has 1 aromatic carbocycles. The predicted molar refractivity (Wildman–Crippen MR) is 53.3 cm³/mol. The maximum Gasteiger partial charge on any atom is 0.535 e. The smallest absolute Gasteiger partial charge is 0.409 e. The summed E-state index contributed by atoms with van der Waals surface area (Å²) in [5.41, 5.74) is 0.830. The second-order valence-corrected chi connectivity index (χ2v) is 4.37. The van der Waals surface area contributed by atoms with Crippen LogP contribution in [0.25, 0.3) is 0 Å². The highest BCUT2D eigenvalue weighted by molar-refractivity contribution is 5.46. The van der Waals surface area contributed by atoms with Gasteiger partial charge in [0, 0.05) is 5.56 Å². The summed E-state index contributed by atoms with van der Waals surface area (Å²) in [6, 6.07) is 7.21. The Morgan fingerprint density at radius 3 is 2.71 bits per heavy atom. The van der Waals surface area contributed by atoms with Gasteiger partial charge < -0.3 is 4.74 Å². The van der Waals surface area contributed by atoms with Crippen LogP contribution < -0.4 is 4.74 Å². The fraction of sp³-hybridized carbons (Fsp3) is 0.417. The highest BCUT2D eigenvalue weighted by Gasteiger charge is 2.46. The molecule has 17 heavy (non-hydrogen) atoms. The van der Waals surface area contributed by atoms with Crippen LogP contribution >= 0.6 is 0 Å². The molecule has 5 heteroatoms. The molecule has 0 radical (unpaired) electrons. The van der Waals surface area contributed by atoms with E-state index in [2.05, 4.69) is 15.5 Å². The van der Waals surface area contributed by atoms with Gasteiger partial charge in [0.05, 0.1) is 18.1 Å². The molecule has 0 aromatic heterocycles. The molecular weight excluding hydrogens is 228 g/mol.